The smallest absolute Gasteiger partial charge is 0.250 e. The Morgan fingerprint density at radius 1 is 1.83 bits per heavy atom. The number of hydrogen-bond donors (Lipinski definition) is 1. The summed E-state index contributed by atoms with van der Waals surface area (Å²) >= 11 is 0. The van der Waals surface area contributed by atoms with Crippen LogP contribution in [0.25, 0.3) is 0 Å². The zero-order valence-corrected chi connectivity index (χ0v) is 7.04. The minimum Gasteiger partial charge on any atom is -0.368 e. The molecule has 0 spiro atoms. The molecule has 1 rings (SSSR count). The molecule has 4 heteroatoms. The van der Waals surface area contributed by atoms with Crippen molar-refractivity contribution in [3.05, 3.63) is 0 Å². The molecular weight excluding hydrogens is 156 g/mol. The molecule has 1 aliphatic rings. The standard InChI is InChI=1S/C8H12N2O2/c1-6(5-9)10-8(11)7-3-2-4-12-7/h6-7H,2-4H2,1H3,(H,10,11). The van der Waals surface area contributed by atoms with Gasteiger partial charge in [-0.05, 0) is 19.8 Å². The number of nitrogens with zero attached hydrogens (tertiary/aromatic N) is 1. The number of carbonyl (C=O) groups is 1. The fraction of sp³-hybridized carbons (Fsp3) is 0.750. The summed E-state index contributed by atoms with van der Waals surface area (Å²) in [7, 11) is 0. The molecule has 66 valence electrons. The summed E-state index contributed by atoms with van der Waals surface area (Å²) in [6.45, 7) is 2.30. The van der Waals surface area contributed by atoms with E-state index in [-0.39, 0.29) is 12.0 Å². The number of amides is 1. The van der Waals surface area contributed by atoms with E-state index in [2.05, 4.69) is 5.32 Å². The first-order chi connectivity index (χ1) is 5.74. The highest BCUT2D eigenvalue weighted by molar-refractivity contribution is 5.81. The molecule has 0 bridgehead atoms. The Bertz CT molecular complexity index is 204. The van der Waals surface area contributed by atoms with Crippen LogP contribution in [0.1, 0.15) is 19.8 Å². The SMILES string of the molecule is CC(C#N)NC(=O)C1CCCO1. The highest BCUT2D eigenvalue weighted by Crippen LogP contribution is 2.11. The van der Waals surface area contributed by atoms with Crippen LogP contribution >= 0.6 is 0 Å². The van der Waals surface area contributed by atoms with Crippen molar-refractivity contribution in [3.63, 3.8) is 0 Å². The largest absolute Gasteiger partial charge is 0.368 e. The molecule has 1 saturated heterocycles. The van der Waals surface area contributed by atoms with Crippen LogP contribution in [0.2, 0.25) is 0 Å². The summed E-state index contributed by atoms with van der Waals surface area (Å²) in [6, 6.07) is 1.50. The van der Waals surface area contributed by atoms with Gasteiger partial charge in [0.05, 0.1) is 6.07 Å². The molecule has 0 aromatic carbocycles. The van der Waals surface area contributed by atoms with Crippen molar-refractivity contribution in [1.82, 2.24) is 5.32 Å². The average Bonchev–Trinajstić information content (AvgIpc) is 2.56. The molecule has 0 saturated carbocycles. The molecule has 12 heavy (non-hydrogen) atoms. The molecule has 4 nitrogen and oxygen atoms in total. The molecule has 1 N–H and O–H groups in total. The third-order valence-electron chi connectivity index (χ3n) is 1.77. The molecule has 0 radical (unpaired) electrons. The average molecular weight is 168 g/mol. The topological polar surface area (TPSA) is 62.1 Å². The van der Waals surface area contributed by atoms with E-state index in [1.165, 1.54) is 0 Å². The van der Waals surface area contributed by atoms with Gasteiger partial charge in [-0.1, -0.05) is 0 Å². The summed E-state index contributed by atoms with van der Waals surface area (Å²) in [5.74, 6) is -0.165. The first-order valence-electron chi connectivity index (χ1n) is 4.05. The molecule has 1 heterocycles. The minimum atomic E-state index is -0.429. The van der Waals surface area contributed by atoms with Crippen LogP contribution in [0.5, 0.6) is 0 Å². The van der Waals surface area contributed by atoms with Crippen LogP contribution in [0.4, 0.5) is 0 Å². The number of nitrogens with one attached hydrogen (secondary N) is 1. The van der Waals surface area contributed by atoms with Gasteiger partial charge in [0.1, 0.15) is 12.1 Å². The predicted octanol–water partition coefficient (Wildman–Crippen LogP) is 0.194. The van der Waals surface area contributed by atoms with Crippen molar-refractivity contribution in [2.75, 3.05) is 6.61 Å². The van der Waals surface area contributed by atoms with Crippen LogP contribution in [-0.2, 0) is 9.53 Å². The summed E-state index contributed by atoms with van der Waals surface area (Å²) < 4.78 is 5.14. The summed E-state index contributed by atoms with van der Waals surface area (Å²) in [4.78, 5) is 11.2. The number of nitriles is 1. The predicted molar refractivity (Wildman–Crippen MR) is 42.2 cm³/mol. The minimum absolute atomic E-state index is 0.165. The Morgan fingerprint density at radius 2 is 2.58 bits per heavy atom. The lowest BCUT2D eigenvalue weighted by atomic mass is 10.2. The second-order valence-electron chi connectivity index (χ2n) is 2.86. The van der Waals surface area contributed by atoms with E-state index in [1.807, 2.05) is 6.07 Å². The van der Waals surface area contributed by atoms with Gasteiger partial charge in [0.15, 0.2) is 0 Å². The van der Waals surface area contributed by atoms with Gasteiger partial charge in [0.25, 0.3) is 0 Å². The van der Waals surface area contributed by atoms with E-state index in [0.717, 1.165) is 12.8 Å². The van der Waals surface area contributed by atoms with Gasteiger partial charge < -0.3 is 10.1 Å². The van der Waals surface area contributed by atoms with E-state index >= 15 is 0 Å². The lowest BCUT2D eigenvalue weighted by Gasteiger charge is -2.10. The Morgan fingerprint density at radius 3 is 3.08 bits per heavy atom. The molecule has 1 fully saturated rings. The van der Waals surface area contributed by atoms with Crippen LogP contribution < -0.4 is 5.32 Å². The van der Waals surface area contributed by atoms with Gasteiger partial charge in [-0.3, -0.25) is 4.79 Å². The summed E-state index contributed by atoms with van der Waals surface area (Å²) in [5, 5.41) is 11.0. The van der Waals surface area contributed by atoms with E-state index in [9.17, 15) is 4.79 Å². The van der Waals surface area contributed by atoms with Crippen molar-refractivity contribution in [2.45, 2.75) is 31.9 Å². The van der Waals surface area contributed by atoms with Crippen molar-refractivity contribution in [3.8, 4) is 6.07 Å². The molecule has 1 amide bonds. The number of ether oxygens (including phenoxy) is 1. The Balaban J connectivity index is 2.33. The van der Waals surface area contributed by atoms with E-state index in [0.29, 0.717) is 6.61 Å². The molecule has 2 atom stereocenters. The van der Waals surface area contributed by atoms with Gasteiger partial charge in [0.2, 0.25) is 5.91 Å². The quantitative estimate of drug-likeness (QED) is 0.640. The first kappa shape index (κ1) is 9.01. The third kappa shape index (κ3) is 2.21. The van der Waals surface area contributed by atoms with Gasteiger partial charge in [-0.15, -0.1) is 0 Å². The maximum Gasteiger partial charge on any atom is 0.250 e. The summed E-state index contributed by atoms with van der Waals surface area (Å²) in [6.07, 6.45) is 1.36. The Labute approximate surface area is 71.5 Å². The maximum atomic E-state index is 11.2. The van der Waals surface area contributed by atoms with Crippen molar-refractivity contribution >= 4 is 5.91 Å². The molecule has 1 aliphatic heterocycles. The first-order valence-corrected chi connectivity index (χ1v) is 4.05. The maximum absolute atomic E-state index is 11.2. The van der Waals surface area contributed by atoms with Crippen LogP contribution in [-0.4, -0.2) is 24.7 Å². The zero-order valence-electron chi connectivity index (χ0n) is 7.04. The van der Waals surface area contributed by atoms with Crippen LogP contribution in [0, 0.1) is 11.3 Å². The van der Waals surface area contributed by atoms with Crippen LogP contribution in [0.15, 0.2) is 0 Å². The molecular formula is C8H12N2O2. The second kappa shape index (κ2) is 4.07. The molecule has 2 unspecified atom stereocenters. The van der Waals surface area contributed by atoms with Gasteiger partial charge >= 0.3 is 0 Å². The Kier molecular flexibility index (Phi) is 3.06. The van der Waals surface area contributed by atoms with Gasteiger partial charge in [-0.25, -0.2) is 0 Å². The molecule has 0 aromatic heterocycles. The fourth-order valence-electron chi connectivity index (χ4n) is 1.12. The molecule has 0 aliphatic carbocycles. The molecule has 0 aromatic rings. The number of carbonyl (C=O) groups excluding carboxylic acids is 1. The van der Waals surface area contributed by atoms with Gasteiger partial charge in [0, 0.05) is 6.61 Å². The second-order valence-corrected chi connectivity index (χ2v) is 2.86. The van der Waals surface area contributed by atoms with Crippen LogP contribution in [0.3, 0.4) is 0 Å². The van der Waals surface area contributed by atoms with Crippen molar-refractivity contribution in [1.29, 1.82) is 5.26 Å². The zero-order chi connectivity index (χ0) is 8.97. The highest BCUT2D eigenvalue weighted by Gasteiger charge is 2.24. The lowest BCUT2D eigenvalue weighted by molar-refractivity contribution is -0.130. The van der Waals surface area contributed by atoms with E-state index in [4.69, 9.17) is 10.00 Å². The van der Waals surface area contributed by atoms with Crippen molar-refractivity contribution in [2.24, 2.45) is 0 Å². The van der Waals surface area contributed by atoms with E-state index in [1.54, 1.807) is 6.92 Å². The summed E-state index contributed by atoms with van der Waals surface area (Å²) in [5.41, 5.74) is 0. The lowest BCUT2D eigenvalue weighted by Crippen LogP contribution is -2.39. The van der Waals surface area contributed by atoms with Gasteiger partial charge in [-0.2, -0.15) is 5.26 Å². The highest BCUT2D eigenvalue weighted by atomic mass is 16.5. The monoisotopic (exact) mass is 168 g/mol. The third-order valence-corrected chi connectivity index (χ3v) is 1.77. The van der Waals surface area contributed by atoms with Crippen molar-refractivity contribution < 1.29 is 9.53 Å². The Hall–Kier alpha value is -1.08. The number of rotatable bonds is 2. The normalized spacial score (nSPS) is 24.5. The fourth-order valence-corrected chi connectivity index (χ4v) is 1.12. The number of hydrogen-bond acceptors (Lipinski definition) is 3. The van der Waals surface area contributed by atoms with E-state index < -0.39 is 6.04 Å².